The monoisotopic (exact) mass is 273 g/mol. The van der Waals surface area contributed by atoms with E-state index < -0.39 is 0 Å². The summed E-state index contributed by atoms with van der Waals surface area (Å²) in [5.41, 5.74) is 8.16. The summed E-state index contributed by atoms with van der Waals surface area (Å²) < 4.78 is 5.15. The summed E-state index contributed by atoms with van der Waals surface area (Å²) in [7, 11) is 1.73. The molecule has 2 rings (SSSR count). The van der Waals surface area contributed by atoms with Gasteiger partial charge in [-0.2, -0.15) is 0 Å². The van der Waals surface area contributed by atoms with Gasteiger partial charge >= 0.3 is 0 Å². The molecule has 20 heavy (non-hydrogen) atoms. The van der Waals surface area contributed by atoms with Gasteiger partial charge in [-0.15, -0.1) is 0 Å². The largest absolute Gasteiger partial charge is 0.397 e. The number of nitrogens with zero attached hydrogens (tertiary/aromatic N) is 1. The van der Waals surface area contributed by atoms with E-state index in [9.17, 15) is 0 Å². The van der Waals surface area contributed by atoms with Crippen molar-refractivity contribution in [3.63, 3.8) is 0 Å². The number of nitrogens with two attached hydrogens (primary N) is 1. The maximum Gasteiger partial charge on any atom is 0.0630 e. The van der Waals surface area contributed by atoms with Crippen LogP contribution >= 0.6 is 0 Å². The molecule has 2 aromatic rings. The Morgan fingerprint density at radius 2 is 2.10 bits per heavy atom. The quantitative estimate of drug-likeness (QED) is 0.793. The minimum atomic E-state index is 0.162. The van der Waals surface area contributed by atoms with Gasteiger partial charge in [-0.3, -0.25) is 4.98 Å². The summed E-state index contributed by atoms with van der Waals surface area (Å²) in [5.74, 6) is 0. The van der Waals surface area contributed by atoms with Crippen LogP contribution in [0.5, 0.6) is 0 Å². The summed E-state index contributed by atoms with van der Waals surface area (Å²) in [5, 5.41) is 5.56. The van der Waals surface area contributed by atoms with Crippen molar-refractivity contribution in [2.75, 3.05) is 31.3 Å². The Kier molecular flexibility index (Phi) is 4.45. The summed E-state index contributed by atoms with van der Waals surface area (Å²) in [6.07, 6.45) is 4.61. The van der Waals surface area contributed by atoms with E-state index in [0.29, 0.717) is 0 Å². The number of rotatable bonds is 6. The van der Waals surface area contributed by atoms with Crippen molar-refractivity contribution < 1.29 is 4.74 Å². The van der Waals surface area contributed by atoms with Gasteiger partial charge in [-0.1, -0.05) is 19.9 Å². The van der Waals surface area contributed by atoms with E-state index in [2.05, 4.69) is 24.1 Å². The van der Waals surface area contributed by atoms with Crippen molar-refractivity contribution in [2.45, 2.75) is 20.3 Å². The van der Waals surface area contributed by atoms with Crippen LogP contribution in [-0.4, -0.2) is 25.2 Å². The third-order valence-electron chi connectivity index (χ3n) is 3.60. The number of methoxy groups -OCH3 is 1. The number of nitrogen functional groups attached to an aromatic ring is 1. The summed E-state index contributed by atoms with van der Waals surface area (Å²) in [6.45, 7) is 6.07. The number of hydrogen-bond acceptors (Lipinski definition) is 4. The molecule has 0 aliphatic carbocycles. The zero-order valence-corrected chi connectivity index (χ0v) is 12.4. The molecule has 0 atom stereocenters. The fourth-order valence-electron chi connectivity index (χ4n) is 2.15. The summed E-state index contributed by atoms with van der Waals surface area (Å²) in [4.78, 5) is 4.11. The minimum absolute atomic E-state index is 0.162. The Labute approximate surface area is 120 Å². The number of aromatic nitrogens is 1. The van der Waals surface area contributed by atoms with Crippen LogP contribution in [0, 0.1) is 5.41 Å². The van der Waals surface area contributed by atoms with Gasteiger partial charge in [0, 0.05) is 43.4 Å². The normalized spacial score (nSPS) is 11.8. The molecule has 0 aliphatic heterocycles. The van der Waals surface area contributed by atoms with E-state index >= 15 is 0 Å². The number of hydrogen-bond donors (Lipinski definition) is 2. The van der Waals surface area contributed by atoms with Crippen LogP contribution in [0.15, 0.2) is 30.6 Å². The second-order valence-electron chi connectivity index (χ2n) is 5.88. The molecule has 1 aromatic heterocycles. The summed E-state index contributed by atoms with van der Waals surface area (Å²) in [6, 6.07) is 6.01. The highest BCUT2D eigenvalue weighted by Gasteiger charge is 2.17. The Balaban J connectivity index is 2.12. The van der Waals surface area contributed by atoms with Gasteiger partial charge in [0.1, 0.15) is 0 Å². The fraction of sp³-hybridized carbons (Fsp3) is 0.438. The van der Waals surface area contributed by atoms with E-state index in [-0.39, 0.29) is 5.41 Å². The molecule has 108 valence electrons. The molecular formula is C16H23N3O. The number of pyridine rings is 1. The number of ether oxygens (including phenoxy) is 1. The lowest BCUT2D eigenvalue weighted by atomic mass is 9.89. The Hall–Kier alpha value is -1.81. The SMILES string of the molecule is COCCC(C)(C)CNc1ccc2cnccc2c1N. The standard InChI is InChI=1S/C16H23N3O/c1-16(2,7-9-20-3)11-19-14-5-4-12-10-18-8-6-13(12)15(14)17/h4-6,8,10,19H,7,9,11,17H2,1-3H3. The molecule has 0 bridgehead atoms. The molecule has 4 nitrogen and oxygen atoms in total. The molecule has 0 fully saturated rings. The third kappa shape index (κ3) is 3.39. The lowest BCUT2D eigenvalue weighted by molar-refractivity contribution is 0.157. The van der Waals surface area contributed by atoms with Gasteiger partial charge in [0.25, 0.3) is 0 Å². The van der Waals surface area contributed by atoms with Crippen LogP contribution in [0.25, 0.3) is 10.8 Å². The van der Waals surface area contributed by atoms with Gasteiger partial charge in [-0.05, 0) is 24.0 Å². The van der Waals surface area contributed by atoms with E-state index in [0.717, 1.165) is 41.7 Å². The molecule has 0 saturated carbocycles. The molecule has 4 heteroatoms. The predicted molar refractivity (Wildman–Crippen MR) is 84.9 cm³/mol. The smallest absolute Gasteiger partial charge is 0.0630 e. The first-order valence-electron chi connectivity index (χ1n) is 6.88. The molecular weight excluding hydrogens is 250 g/mol. The van der Waals surface area contributed by atoms with Crippen LogP contribution in [0.2, 0.25) is 0 Å². The van der Waals surface area contributed by atoms with Crippen molar-refractivity contribution in [1.82, 2.24) is 4.98 Å². The van der Waals surface area contributed by atoms with Crippen LogP contribution < -0.4 is 11.1 Å². The topological polar surface area (TPSA) is 60.2 Å². The second-order valence-corrected chi connectivity index (χ2v) is 5.88. The van der Waals surface area contributed by atoms with Gasteiger partial charge in [0.15, 0.2) is 0 Å². The number of nitrogens with one attached hydrogen (secondary N) is 1. The molecule has 0 amide bonds. The van der Waals surface area contributed by atoms with Gasteiger partial charge in [0.2, 0.25) is 0 Å². The van der Waals surface area contributed by atoms with Crippen LogP contribution in [-0.2, 0) is 4.74 Å². The second kappa shape index (κ2) is 6.09. The highest BCUT2D eigenvalue weighted by molar-refractivity contribution is 5.98. The highest BCUT2D eigenvalue weighted by atomic mass is 16.5. The number of benzene rings is 1. The lowest BCUT2D eigenvalue weighted by Gasteiger charge is -2.25. The minimum Gasteiger partial charge on any atom is -0.397 e. The van der Waals surface area contributed by atoms with Gasteiger partial charge in [-0.25, -0.2) is 0 Å². The predicted octanol–water partition coefficient (Wildman–Crippen LogP) is 3.29. The first-order chi connectivity index (χ1) is 9.53. The Morgan fingerprint density at radius 1 is 1.30 bits per heavy atom. The molecule has 3 N–H and O–H groups in total. The van der Waals surface area contributed by atoms with Crippen LogP contribution in [0.3, 0.4) is 0 Å². The van der Waals surface area contributed by atoms with Crippen molar-refractivity contribution in [1.29, 1.82) is 0 Å². The first kappa shape index (κ1) is 14.6. The summed E-state index contributed by atoms with van der Waals surface area (Å²) >= 11 is 0. The molecule has 0 radical (unpaired) electrons. The first-order valence-corrected chi connectivity index (χ1v) is 6.88. The molecule has 0 saturated heterocycles. The molecule has 1 aromatic carbocycles. The van der Waals surface area contributed by atoms with Crippen molar-refractivity contribution in [3.8, 4) is 0 Å². The van der Waals surface area contributed by atoms with Crippen LogP contribution in [0.1, 0.15) is 20.3 Å². The van der Waals surface area contributed by atoms with E-state index in [1.165, 1.54) is 0 Å². The average Bonchev–Trinajstić information content (AvgIpc) is 2.45. The van der Waals surface area contributed by atoms with Gasteiger partial charge < -0.3 is 15.8 Å². The average molecular weight is 273 g/mol. The molecule has 1 heterocycles. The Morgan fingerprint density at radius 3 is 2.85 bits per heavy atom. The van der Waals surface area contributed by atoms with E-state index in [1.54, 1.807) is 13.3 Å². The number of fused-ring (bicyclic) bond motifs is 1. The van der Waals surface area contributed by atoms with Crippen molar-refractivity contribution in [3.05, 3.63) is 30.6 Å². The molecule has 0 spiro atoms. The zero-order valence-electron chi connectivity index (χ0n) is 12.4. The third-order valence-corrected chi connectivity index (χ3v) is 3.60. The van der Waals surface area contributed by atoms with Crippen molar-refractivity contribution >= 4 is 22.1 Å². The Bertz CT molecular complexity index is 581. The fourth-order valence-corrected chi connectivity index (χ4v) is 2.15. The van der Waals surface area contributed by atoms with Crippen LogP contribution in [0.4, 0.5) is 11.4 Å². The zero-order chi connectivity index (χ0) is 14.6. The molecule has 0 aliphatic rings. The van der Waals surface area contributed by atoms with Crippen molar-refractivity contribution in [2.24, 2.45) is 5.41 Å². The van der Waals surface area contributed by atoms with E-state index in [1.807, 2.05) is 24.4 Å². The maximum absolute atomic E-state index is 6.23. The van der Waals surface area contributed by atoms with E-state index in [4.69, 9.17) is 10.5 Å². The van der Waals surface area contributed by atoms with Gasteiger partial charge in [0.05, 0.1) is 11.4 Å². The molecule has 0 unspecified atom stereocenters. The number of anilines is 2. The maximum atomic E-state index is 6.23. The highest BCUT2D eigenvalue weighted by Crippen LogP contribution is 2.29. The lowest BCUT2D eigenvalue weighted by Crippen LogP contribution is -2.25.